The van der Waals surface area contributed by atoms with E-state index in [4.69, 9.17) is 16.7 Å². The van der Waals surface area contributed by atoms with Gasteiger partial charge < -0.3 is 0 Å². The molecule has 7 heteroatoms. The predicted molar refractivity (Wildman–Crippen MR) is 56.3 cm³/mol. The summed E-state index contributed by atoms with van der Waals surface area (Å²) in [5.41, 5.74) is 0.862. The minimum atomic E-state index is -3.79. The van der Waals surface area contributed by atoms with Crippen LogP contribution in [-0.4, -0.2) is 17.8 Å². The third-order valence-corrected chi connectivity index (χ3v) is 3.23. The maximum absolute atomic E-state index is 11.3. The van der Waals surface area contributed by atoms with Crippen LogP contribution >= 0.6 is 11.6 Å². The zero-order valence-corrected chi connectivity index (χ0v) is 9.38. The Morgan fingerprint density at radius 3 is 2.73 bits per heavy atom. The molecule has 2 N–H and O–H groups in total. The molecule has 0 aliphatic carbocycles. The van der Waals surface area contributed by atoms with Crippen molar-refractivity contribution in [3.8, 4) is 0 Å². The van der Waals surface area contributed by atoms with Crippen LogP contribution in [0.15, 0.2) is 23.4 Å². The number of aromatic nitrogens is 2. The number of aryl methyl sites for hydroxylation is 1. The first-order chi connectivity index (χ1) is 6.89. The molecule has 0 amide bonds. The number of nitrogens with zero attached hydrogens (tertiary/aromatic N) is 2. The van der Waals surface area contributed by atoms with Crippen molar-refractivity contribution in [3.05, 3.63) is 29.0 Å². The number of hydrogen-bond acceptors (Lipinski definition) is 3. The van der Waals surface area contributed by atoms with Crippen molar-refractivity contribution in [1.82, 2.24) is 9.38 Å². The van der Waals surface area contributed by atoms with Crippen molar-refractivity contribution in [3.63, 3.8) is 0 Å². The summed E-state index contributed by atoms with van der Waals surface area (Å²) >= 11 is 5.77. The molecule has 0 aliphatic rings. The Balaban J connectivity index is 2.95. The van der Waals surface area contributed by atoms with Gasteiger partial charge in [0, 0.05) is 6.20 Å². The van der Waals surface area contributed by atoms with Gasteiger partial charge in [0.05, 0.1) is 10.7 Å². The number of primary sulfonamides is 1. The fourth-order valence-corrected chi connectivity index (χ4v) is 2.50. The Morgan fingerprint density at radius 2 is 2.13 bits per heavy atom. The van der Waals surface area contributed by atoms with Gasteiger partial charge in [-0.05, 0) is 19.1 Å². The van der Waals surface area contributed by atoms with Crippen LogP contribution in [0, 0.1) is 6.92 Å². The Bertz CT molecular complexity index is 633. The molecule has 0 radical (unpaired) electrons. The standard InChI is InChI=1S/C8H8ClN3O2S/c1-5-8(15(10,13)14)12-4-6(9)2-3-7(12)11-5/h2-4H,1H3,(H2,10,13,14). The number of nitrogens with two attached hydrogens (primary N) is 1. The van der Waals surface area contributed by atoms with Crippen molar-refractivity contribution in [2.75, 3.05) is 0 Å². The summed E-state index contributed by atoms with van der Waals surface area (Å²) in [7, 11) is -3.79. The van der Waals surface area contributed by atoms with Gasteiger partial charge in [-0.15, -0.1) is 0 Å². The van der Waals surface area contributed by atoms with Crippen LogP contribution in [0.1, 0.15) is 5.69 Å². The molecule has 0 aromatic carbocycles. The van der Waals surface area contributed by atoms with E-state index in [-0.39, 0.29) is 5.03 Å². The van der Waals surface area contributed by atoms with E-state index in [1.807, 2.05) is 0 Å². The van der Waals surface area contributed by atoms with Gasteiger partial charge in [-0.3, -0.25) is 4.40 Å². The van der Waals surface area contributed by atoms with Gasteiger partial charge in [-0.1, -0.05) is 11.6 Å². The molecule has 2 heterocycles. The fraction of sp³-hybridized carbons (Fsp3) is 0.125. The second-order valence-electron chi connectivity index (χ2n) is 3.12. The molecule has 0 aliphatic heterocycles. The highest BCUT2D eigenvalue weighted by Crippen LogP contribution is 2.18. The highest BCUT2D eigenvalue weighted by atomic mass is 35.5. The molecule has 2 aromatic rings. The highest BCUT2D eigenvalue weighted by molar-refractivity contribution is 7.89. The molecule has 2 rings (SSSR count). The van der Waals surface area contributed by atoms with Crippen molar-refractivity contribution in [2.45, 2.75) is 11.9 Å². The molecule has 80 valence electrons. The van der Waals surface area contributed by atoms with Crippen molar-refractivity contribution < 1.29 is 8.42 Å². The topological polar surface area (TPSA) is 77.5 Å². The summed E-state index contributed by atoms with van der Waals surface area (Å²) in [6.07, 6.45) is 1.47. The molecule has 0 spiro atoms. The first-order valence-corrected chi connectivity index (χ1v) is 5.99. The van der Waals surface area contributed by atoms with E-state index in [1.54, 1.807) is 19.1 Å². The second kappa shape index (κ2) is 3.19. The molecular weight excluding hydrogens is 238 g/mol. The molecular formula is C8H8ClN3O2S. The zero-order chi connectivity index (χ0) is 11.2. The van der Waals surface area contributed by atoms with Gasteiger partial charge in [0.25, 0.3) is 10.0 Å². The van der Waals surface area contributed by atoms with E-state index in [2.05, 4.69) is 4.98 Å². The normalized spacial score (nSPS) is 12.2. The Morgan fingerprint density at radius 1 is 1.47 bits per heavy atom. The lowest BCUT2D eigenvalue weighted by atomic mass is 10.5. The van der Waals surface area contributed by atoms with Gasteiger partial charge in [0.1, 0.15) is 5.65 Å². The Hall–Kier alpha value is -1.11. The van der Waals surface area contributed by atoms with Crippen molar-refractivity contribution >= 4 is 27.3 Å². The maximum atomic E-state index is 11.3. The summed E-state index contributed by atoms with van der Waals surface area (Å²) in [6.45, 7) is 1.58. The fourth-order valence-electron chi connectivity index (χ4n) is 1.46. The van der Waals surface area contributed by atoms with Gasteiger partial charge in [0.15, 0.2) is 5.03 Å². The molecule has 0 atom stereocenters. The highest BCUT2D eigenvalue weighted by Gasteiger charge is 2.18. The van der Waals surface area contributed by atoms with Gasteiger partial charge in [0.2, 0.25) is 0 Å². The maximum Gasteiger partial charge on any atom is 0.255 e. The number of pyridine rings is 1. The summed E-state index contributed by atoms with van der Waals surface area (Å²) in [5, 5.41) is 5.48. The van der Waals surface area contributed by atoms with Crippen LogP contribution in [-0.2, 0) is 10.0 Å². The van der Waals surface area contributed by atoms with Crippen LogP contribution in [0.4, 0.5) is 0 Å². The number of halogens is 1. The van der Waals surface area contributed by atoms with Gasteiger partial charge in [-0.2, -0.15) is 0 Å². The summed E-state index contributed by atoms with van der Waals surface area (Å²) in [4.78, 5) is 4.07. The lowest BCUT2D eigenvalue weighted by Crippen LogP contribution is -2.15. The predicted octanol–water partition coefficient (Wildman–Crippen LogP) is 0.944. The van der Waals surface area contributed by atoms with Crippen LogP contribution in [0.2, 0.25) is 5.02 Å². The largest absolute Gasteiger partial charge is 0.288 e. The molecule has 5 nitrogen and oxygen atoms in total. The minimum Gasteiger partial charge on any atom is -0.288 e. The van der Waals surface area contributed by atoms with Gasteiger partial charge >= 0.3 is 0 Å². The van der Waals surface area contributed by atoms with Gasteiger partial charge in [-0.25, -0.2) is 18.5 Å². The summed E-state index contributed by atoms with van der Waals surface area (Å²) in [6, 6.07) is 3.26. The first-order valence-electron chi connectivity index (χ1n) is 4.06. The molecule has 2 aromatic heterocycles. The van der Waals surface area contributed by atoms with Crippen LogP contribution in [0.25, 0.3) is 5.65 Å². The second-order valence-corrected chi connectivity index (χ2v) is 5.04. The lowest BCUT2D eigenvalue weighted by molar-refractivity contribution is 0.592. The molecule has 15 heavy (non-hydrogen) atoms. The van der Waals surface area contributed by atoms with E-state index in [0.29, 0.717) is 16.4 Å². The summed E-state index contributed by atoms with van der Waals surface area (Å²) in [5.74, 6) is 0. The Kier molecular flexibility index (Phi) is 2.22. The molecule has 0 unspecified atom stereocenters. The lowest BCUT2D eigenvalue weighted by Gasteiger charge is -1.99. The van der Waals surface area contributed by atoms with Crippen LogP contribution in [0.3, 0.4) is 0 Å². The average Bonchev–Trinajstić information content (AvgIpc) is 2.38. The van der Waals surface area contributed by atoms with E-state index in [1.165, 1.54) is 10.6 Å². The summed E-state index contributed by atoms with van der Waals surface area (Å²) < 4.78 is 24.0. The third kappa shape index (κ3) is 1.71. The number of fused-ring (bicyclic) bond motifs is 1. The molecule has 0 saturated carbocycles. The quantitative estimate of drug-likeness (QED) is 0.812. The van der Waals surface area contributed by atoms with E-state index >= 15 is 0 Å². The smallest absolute Gasteiger partial charge is 0.255 e. The molecule has 0 bridgehead atoms. The number of imidazole rings is 1. The number of sulfonamides is 1. The average molecular weight is 246 g/mol. The number of hydrogen-bond donors (Lipinski definition) is 1. The first kappa shape index (κ1) is 10.4. The van der Waals surface area contributed by atoms with Crippen molar-refractivity contribution in [2.24, 2.45) is 5.14 Å². The van der Waals surface area contributed by atoms with E-state index in [0.717, 1.165) is 0 Å². The molecule has 0 saturated heterocycles. The van der Waals surface area contributed by atoms with E-state index in [9.17, 15) is 8.42 Å². The monoisotopic (exact) mass is 245 g/mol. The van der Waals surface area contributed by atoms with Crippen molar-refractivity contribution in [1.29, 1.82) is 0 Å². The Labute approximate surface area is 91.5 Å². The van der Waals surface area contributed by atoms with E-state index < -0.39 is 10.0 Å². The minimum absolute atomic E-state index is 0.0278. The SMILES string of the molecule is Cc1nc2ccc(Cl)cn2c1S(N)(=O)=O. The number of rotatable bonds is 1. The molecule has 0 fully saturated rings. The zero-order valence-electron chi connectivity index (χ0n) is 7.81. The third-order valence-electron chi connectivity index (χ3n) is 1.97. The van der Waals surface area contributed by atoms with Crippen LogP contribution in [0.5, 0.6) is 0 Å². The van der Waals surface area contributed by atoms with Crippen LogP contribution < -0.4 is 5.14 Å².